The van der Waals surface area contributed by atoms with Gasteiger partial charge >= 0.3 is 0 Å². The summed E-state index contributed by atoms with van der Waals surface area (Å²) in [7, 11) is 0. The van der Waals surface area contributed by atoms with Crippen LogP contribution in [0.5, 0.6) is 0 Å². The predicted molar refractivity (Wildman–Crippen MR) is 158 cm³/mol. The van der Waals surface area contributed by atoms with Crippen LogP contribution in [0.2, 0.25) is 0 Å². The Labute approximate surface area is 227 Å². The molecule has 0 radical (unpaired) electrons. The van der Waals surface area contributed by atoms with E-state index in [4.69, 9.17) is 4.98 Å². The first-order chi connectivity index (χ1) is 18.7. The summed E-state index contributed by atoms with van der Waals surface area (Å²) in [6, 6.07) is 22.9. The summed E-state index contributed by atoms with van der Waals surface area (Å²) in [4.78, 5) is 13.4. The van der Waals surface area contributed by atoms with Gasteiger partial charge < -0.3 is 0 Å². The Balaban J connectivity index is 0.000000180. The fraction of sp³-hybridized carbons (Fsp3) is 0.364. The number of imidazole rings is 2. The maximum Gasteiger partial charge on any atom is 0.159 e. The summed E-state index contributed by atoms with van der Waals surface area (Å²) < 4.78 is 3.89. The zero-order chi connectivity index (χ0) is 26.4. The van der Waals surface area contributed by atoms with Crippen molar-refractivity contribution >= 4 is 10.9 Å². The standard InChI is InChI=1S/C20H29N.C13H12N4/c1-2-3-4-5-6-7-8-9-10-14-19-17-16-18-13-11-12-15-20(18)21-19;1-11-9-17(16-8-7-14-10-16)13(15-11)12-5-3-2-4-6-12/h11-13,15-17H,2-10,14H2,1H3;2-10H,1H3. The molecule has 0 spiro atoms. The van der Waals surface area contributed by atoms with Crippen LogP contribution >= 0.6 is 0 Å². The summed E-state index contributed by atoms with van der Waals surface area (Å²) >= 11 is 0. The lowest BCUT2D eigenvalue weighted by molar-refractivity contribution is 0.564. The molecule has 0 saturated carbocycles. The molecular weight excluding hydrogens is 466 g/mol. The molecule has 0 aliphatic heterocycles. The number of rotatable bonds is 12. The summed E-state index contributed by atoms with van der Waals surface area (Å²) in [5, 5.41) is 1.24. The first-order valence-corrected chi connectivity index (χ1v) is 14.2. The number of nitrogens with zero attached hydrogens (tertiary/aromatic N) is 5. The molecule has 198 valence electrons. The van der Waals surface area contributed by atoms with Crippen molar-refractivity contribution < 1.29 is 0 Å². The SMILES string of the molecule is CCCCCCCCCCCc1ccc2ccccc2n1.Cc1cn(-n2ccnc2)c(-c2ccccc2)n1. The number of unbranched alkanes of at least 4 members (excludes halogenated alkanes) is 8. The number of hydrogen-bond donors (Lipinski definition) is 0. The van der Waals surface area contributed by atoms with Gasteiger partial charge in [-0.3, -0.25) is 4.98 Å². The Morgan fingerprint density at radius 2 is 1.42 bits per heavy atom. The lowest BCUT2D eigenvalue weighted by Gasteiger charge is -2.07. The van der Waals surface area contributed by atoms with E-state index < -0.39 is 0 Å². The first-order valence-electron chi connectivity index (χ1n) is 14.2. The molecule has 5 heteroatoms. The lowest BCUT2D eigenvalue weighted by Crippen LogP contribution is -2.06. The van der Waals surface area contributed by atoms with Crippen LogP contribution < -0.4 is 0 Å². The van der Waals surface area contributed by atoms with E-state index >= 15 is 0 Å². The summed E-state index contributed by atoms with van der Waals surface area (Å²) in [5.41, 5.74) is 4.45. The van der Waals surface area contributed by atoms with Gasteiger partial charge in [-0.25, -0.2) is 19.3 Å². The molecule has 0 bridgehead atoms. The second-order valence-electron chi connectivity index (χ2n) is 9.93. The minimum Gasteiger partial charge on any atom is -0.253 e. The topological polar surface area (TPSA) is 48.5 Å². The molecule has 2 aromatic carbocycles. The van der Waals surface area contributed by atoms with Crippen molar-refractivity contribution in [2.24, 2.45) is 0 Å². The fourth-order valence-electron chi connectivity index (χ4n) is 4.69. The number of hydrogen-bond acceptors (Lipinski definition) is 3. The van der Waals surface area contributed by atoms with E-state index in [1.54, 1.807) is 12.5 Å². The molecule has 0 N–H and O–H groups in total. The van der Waals surface area contributed by atoms with Gasteiger partial charge in [0.15, 0.2) is 5.82 Å². The number of fused-ring (bicyclic) bond motifs is 1. The molecule has 38 heavy (non-hydrogen) atoms. The third-order valence-electron chi connectivity index (χ3n) is 6.77. The highest BCUT2D eigenvalue weighted by Crippen LogP contribution is 2.19. The lowest BCUT2D eigenvalue weighted by atomic mass is 10.1. The van der Waals surface area contributed by atoms with Crippen molar-refractivity contribution in [3.63, 3.8) is 0 Å². The number of pyridine rings is 1. The normalized spacial score (nSPS) is 10.9. The Kier molecular flexibility index (Phi) is 10.7. The number of para-hydroxylation sites is 1. The smallest absolute Gasteiger partial charge is 0.159 e. The largest absolute Gasteiger partial charge is 0.253 e. The van der Waals surface area contributed by atoms with Crippen LogP contribution in [0.1, 0.15) is 76.1 Å². The molecule has 5 nitrogen and oxygen atoms in total. The Bertz CT molecular complexity index is 1340. The minimum absolute atomic E-state index is 0.918. The van der Waals surface area contributed by atoms with Crippen molar-refractivity contribution in [3.05, 3.63) is 103 Å². The maximum absolute atomic E-state index is 4.74. The van der Waals surface area contributed by atoms with Gasteiger partial charge in [-0.1, -0.05) is 113 Å². The molecule has 0 unspecified atom stereocenters. The molecule has 0 aliphatic carbocycles. The molecule has 0 aliphatic rings. The minimum atomic E-state index is 0.918. The van der Waals surface area contributed by atoms with E-state index in [1.807, 2.05) is 46.9 Å². The fourth-order valence-corrected chi connectivity index (χ4v) is 4.69. The molecule has 0 saturated heterocycles. The highest BCUT2D eigenvalue weighted by atomic mass is 15.5. The Hall–Kier alpha value is -3.73. The molecule has 0 atom stereocenters. The average Bonchev–Trinajstić information content (AvgIpc) is 3.63. The molecule has 3 aromatic heterocycles. The zero-order valence-corrected chi connectivity index (χ0v) is 23.0. The van der Waals surface area contributed by atoms with Crippen LogP contribution in [0.15, 0.2) is 91.6 Å². The predicted octanol–water partition coefficient (Wildman–Crippen LogP) is 8.67. The van der Waals surface area contributed by atoms with Crippen LogP contribution in [-0.4, -0.2) is 24.3 Å². The zero-order valence-electron chi connectivity index (χ0n) is 23.0. The van der Waals surface area contributed by atoms with E-state index in [0.29, 0.717) is 0 Å². The van der Waals surface area contributed by atoms with Crippen LogP contribution in [0.25, 0.3) is 22.3 Å². The monoisotopic (exact) mass is 507 g/mol. The van der Waals surface area contributed by atoms with Crippen LogP contribution in [0, 0.1) is 6.92 Å². The van der Waals surface area contributed by atoms with Crippen molar-refractivity contribution in [2.45, 2.75) is 78.1 Å². The van der Waals surface area contributed by atoms with Crippen LogP contribution in [0.3, 0.4) is 0 Å². The van der Waals surface area contributed by atoms with Crippen molar-refractivity contribution in [1.82, 2.24) is 24.3 Å². The van der Waals surface area contributed by atoms with E-state index in [-0.39, 0.29) is 0 Å². The molecule has 5 aromatic rings. The average molecular weight is 508 g/mol. The van der Waals surface area contributed by atoms with Gasteiger partial charge in [-0.05, 0) is 31.9 Å². The molecule has 0 amide bonds. The van der Waals surface area contributed by atoms with Gasteiger partial charge in [0.1, 0.15) is 6.33 Å². The van der Waals surface area contributed by atoms with E-state index in [2.05, 4.69) is 65.4 Å². The van der Waals surface area contributed by atoms with Crippen molar-refractivity contribution in [3.8, 4) is 11.4 Å². The van der Waals surface area contributed by atoms with Crippen LogP contribution in [-0.2, 0) is 6.42 Å². The number of benzene rings is 2. The van der Waals surface area contributed by atoms with E-state index in [1.165, 1.54) is 68.9 Å². The first kappa shape index (κ1) is 27.3. The van der Waals surface area contributed by atoms with Gasteiger partial charge in [0.05, 0.1) is 17.4 Å². The summed E-state index contributed by atoms with van der Waals surface area (Å²) in [6.45, 7) is 4.26. The molecule has 0 fully saturated rings. The third-order valence-corrected chi connectivity index (χ3v) is 6.77. The summed E-state index contributed by atoms with van der Waals surface area (Å²) in [5.74, 6) is 0.918. The number of aryl methyl sites for hydroxylation is 2. The van der Waals surface area contributed by atoms with Crippen molar-refractivity contribution in [2.75, 3.05) is 0 Å². The van der Waals surface area contributed by atoms with Gasteiger partial charge in [-0.15, -0.1) is 0 Å². The Morgan fingerprint density at radius 1 is 0.711 bits per heavy atom. The Morgan fingerprint density at radius 3 is 2.16 bits per heavy atom. The summed E-state index contributed by atoms with van der Waals surface area (Å²) in [6.07, 6.45) is 21.0. The highest BCUT2D eigenvalue weighted by molar-refractivity contribution is 5.78. The molecule has 3 heterocycles. The number of aromatic nitrogens is 5. The third kappa shape index (κ3) is 8.14. The second-order valence-corrected chi connectivity index (χ2v) is 9.93. The van der Waals surface area contributed by atoms with Crippen LogP contribution in [0.4, 0.5) is 0 Å². The highest BCUT2D eigenvalue weighted by Gasteiger charge is 2.08. The second kappa shape index (κ2) is 14.9. The van der Waals surface area contributed by atoms with Gasteiger partial charge in [0.2, 0.25) is 0 Å². The van der Waals surface area contributed by atoms with E-state index in [0.717, 1.165) is 29.0 Å². The van der Waals surface area contributed by atoms with Gasteiger partial charge in [-0.2, -0.15) is 0 Å². The quantitative estimate of drug-likeness (QED) is 0.159. The molecular formula is C33H41N5. The van der Waals surface area contributed by atoms with Crippen molar-refractivity contribution in [1.29, 1.82) is 0 Å². The van der Waals surface area contributed by atoms with Gasteiger partial charge in [0.25, 0.3) is 0 Å². The molecule has 5 rings (SSSR count). The van der Waals surface area contributed by atoms with Gasteiger partial charge in [0, 0.05) is 29.0 Å². The maximum atomic E-state index is 4.74. The van der Waals surface area contributed by atoms with E-state index in [9.17, 15) is 0 Å².